The van der Waals surface area contributed by atoms with E-state index in [4.69, 9.17) is 9.47 Å². The van der Waals surface area contributed by atoms with Gasteiger partial charge in [-0.1, -0.05) is 22.7 Å². The summed E-state index contributed by atoms with van der Waals surface area (Å²) in [5, 5.41) is 2.24. The van der Waals surface area contributed by atoms with E-state index < -0.39 is 0 Å². The molecule has 0 aliphatic rings. The number of ether oxygens (including phenoxy) is 2. The fourth-order valence-corrected chi connectivity index (χ4v) is 3.58. The van der Waals surface area contributed by atoms with E-state index >= 15 is 0 Å². The zero-order valence-corrected chi connectivity index (χ0v) is 12.4. The van der Waals surface area contributed by atoms with Crippen LogP contribution in [0.1, 0.15) is 23.9 Å². The summed E-state index contributed by atoms with van der Waals surface area (Å²) < 4.78 is 10.7. The molecule has 0 saturated heterocycles. The first-order valence-electron chi connectivity index (χ1n) is 6.24. The monoisotopic (exact) mass is 286 g/mol. The maximum absolute atomic E-state index is 5.33. The quantitative estimate of drug-likeness (QED) is 0.700. The van der Waals surface area contributed by atoms with E-state index in [-0.39, 0.29) is 0 Å². The molecule has 6 heteroatoms. The van der Waals surface area contributed by atoms with Crippen molar-refractivity contribution in [2.75, 3.05) is 26.4 Å². The molecule has 2 aromatic heterocycles. The van der Waals surface area contributed by atoms with Gasteiger partial charge in [-0.3, -0.25) is 0 Å². The molecular formula is C12H18N2O2S2. The van der Waals surface area contributed by atoms with Gasteiger partial charge < -0.3 is 9.47 Å². The molecule has 0 N–H and O–H groups in total. The van der Waals surface area contributed by atoms with Gasteiger partial charge in [0.05, 0.1) is 23.2 Å². The van der Waals surface area contributed by atoms with Crippen LogP contribution >= 0.6 is 22.7 Å². The molecule has 0 bridgehead atoms. The topological polar surface area (TPSA) is 44.2 Å². The highest BCUT2D eigenvalue weighted by molar-refractivity contribution is 7.26. The number of rotatable bonds is 8. The number of nitrogens with zero attached hydrogens (tertiary/aromatic N) is 2. The van der Waals surface area contributed by atoms with Crippen molar-refractivity contribution in [3.63, 3.8) is 0 Å². The van der Waals surface area contributed by atoms with Crippen molar-refractivity contribution in [1.29, 1.82) is 0 Å². The second kappa shape index (κ2) is 7.13. The van der Waals surface area contributed by atoms with E-state index in [9.17, 15) is 0 Å². The Morgan fingerprint density at radius 2 is 1.28 bits per heavy atom. The third-order valence-corrected chi connectivity index (χ3v) is 4.54. The highest BCUT2D eigenvalue weighted by Crippen LogP contribution is 2.27. The maximum Gasteiger partial charge on any atom is 0.155 e. The summed E-state index contributed by atoms with van der Waals surface area (Å²) in [5.41, 5.74) is 0. The molecule has 0 aromatic carbocycles. The molecule has 0 atom stereocenters. The Hall–Kier alpha value is -0.560. The molecule has 0 saturated carbocycles. The van der Waals surface area contributed by atoms with Crippen molar-refractivity contribution in [2.24, 2.45) is 0 Å². The van der Waals surface area contributed by atoms with Crippen LogP contribution < -0.4 is 0 Å². The van der Waals surface area contributed by atoms with Gasteiger partial charge in [0, 0.05) is 26.1 Å². The van der Waals surface area contributed by atoms with E-state index in [0.717, 1.165) is 58.9 Å². The zero-order valence-electron chi connectivity index (χ0n) is 10.8. The van der Waals surface area contributed by atoms with Gasteiger partial charge in [-0.2, -0.15) is 0 Å². The summed E-state index contributed by atoms with van der Waals surface area (Å²) in [7, 11) is 0. The van der Waals surface area contributed by atoms with E-state index in [1.807, 2.05) is 13.8 Å². The molecule has 0 aliphatic heterocycles. The average Bonchev–Trinajstić information content (AvgIpc) is 2.87. The minimum absolute atomic E-state index is 0.745. The second-order valence-corrected chi connectivity index (χ2v) is 5.84. The number of aromatic nitrogens is 2. The molecule has 0 radical (unpaired) electrons. The molecule has 0 spiro atoms. The Bertz CT molecular complexity index is 410. The van der Waals surface area contributed by atoms with Crippen LogP contribution in [0.2, 0.25) is 0 Å². The lowest BCUT2D eigenvalue weighted by atomic mass is 10.5. The lowest BCUT2D eigenvalue weighted by Gasteiger charge is -1.97. The fourth-order valence-electron chi connectivity index (χ4n) is 1.55. The predicted octanol–water partition coefficient (Wildman–Crippen LogP) is 2.91. The lowest BCUT2D eigenvalue weighted by molar-refractivity contribution is 0.151. The molecule has 2 heterocycles. The lowest BCUT2D eigenvalue weighted by Crippen LogP contribution is -1.97. The largest absolute Gasteiger partial charge is 0.381 e. The standard InChI is InChI=1S/C12H18N2O2S2/c1-3-15-7-5-9-13-11-12(17-9)14-10(18-11)6-8-16-4-2/h3-8H2,1-2H3. The number of hydrogen-bond donors (Lipinski definition) is 0. The Balaban J connectivity index is 1.92. The first-order valence-corrected chi connectivity index (χ1v) is 7.87. The van der Waals surface area contributed by atoms with Crippen LogP contribution in [0.4, 0.5) is 0 Å². The van der Waals surface area contributed by atoms with E-state index in [1.165, 1.54) is 0 Å². The van der Waals surface area contributed by atoms with Gasteiger partial charge in [0.15, 0.2) is 9.66 Å². The van der Waals surface area contributed by atoms with Crippen LogP contribution in [-0.2, 0) is 22.3 Å². The Kier molecular flexibility index (Phi) is 5.49. The molecule has 100 valence electrons. The average molecular weight is 286 g/mol. The van der Waals surface area contributed by atoms with Crippen LogP contribution in [0.25, 0.3) is 9.66 Å². The van der Waals surface area contributed by atoms with Gasteiger partial charge in [-0.15, -0.1) is 0 Å². The molecule has 2 aromatic rings. The van der Waals surface area contributed by atoms with Crippen molar-refractivity contribution < 1.29 is 9.47 Å². The third kappa shape index (κ3) is 3.71. The zero-order chi connectivity index (χ0) is 12.8. The van der Waals surface area contributed by atoms with Crippen molar-refractivity contribution in [1.82, 2.24) is 9.97 Å². The molecule has 0 unspecified atom stereocenters. The first-order chi connectivity index (χ1) is 8.83. The smallest absolute Gasteiger partial charge is 0.155 e. The molecular weight excluding hydrogens is 268 g/mol. The van der Waals surface area contributed by atoms with Gasteiger partial charge in [0.2, 0.25) is 0 Å². The third-order valence-electron chi connectivity index (χ3n) is 2.39. The van der Waals surface area contributed by atoms with Gasteiger partial charge in [-0.25, -0.2) is 9.97 Å². The van der Waals surface area contributed by atoms with Gasteiger partial charge >= 0.3 is 0 Å². The summed E-state index contributed by atoms with van der Waals surface area (Å²) in [5.74, 6) is 0. The van der Waals surface area contributed by atoms with E-state index in [0.29, 0.717) is 0 Å². The molecule has 0 amide bonds. The van der Waals surface area contributed by atoms with Gasteiger partial charge in [-0.05, 0) is 13.8 Å². The Labute approximate surface area is 115 Å². The summed E-state index contributed by atoms with van der Waals surface area (Å²) in [6.07, 6.45) is 1.77. The predicted molar refractivity (Wildman–Crippen MR) is 75.7 cm³/mol. The normalized spacial score (nSPS) is 11.4. The maximum atomic E-state index is 5.33. The van der Waals surface area contributed by atoms with Crippen molar-refractivity contribution in [3.05, 3.63) is 10.0 Å². The van der Waals surface area contributed by atoms with Crippen LogP contribution in [0.15, 0.2) is 0 Å². The summed E-state index contributed by atoms with van der Waals surface area (Å²) >= 11 is 3.35. The Morgan fingerprint density at radius 1 is 0.833 bits per heavy atom. The molecule has 2 rings (SSSR count). The van der Waals surface area contributed by atoms with Gasteiger partial charge in [0.1, 0.15) is 0 Å². The van der Waals surface area contributed by atoms with E-state index in [2.05, 4.69) is 9.97 Å². The summed E-state index contributed by atoms with van der Waals surface area (Å²) in [6, 6.07) is 0. The number of thiazole rings is 2. The molecule has 0 fully saturated rings. The van der Waals surface area contributed by atoms with Crippen molar-refractivity contribution in [2.45, 2.75) is 26.7 Å². The number of hydrogen-bond acceptors (Lipinski definition) is 6. The first kappa shape index (κ1) is 13.9. The van der Waals surface area contributed by atoms with Crippen molar-refractivity contribution in [3.8, 4) is 0 Å². The van der Waals surface area contributed by atoms with E-state index in [1.54, 1.807) is 22.7 Å². The number of fused-ring (bicyclic) bond motifs is 1. The summed E-state index contributed by atoms with van der Waals surface area (Å²) in [6.45, 7) is 7.03. The second-order valence-electron chi connectivity index (χ2n) is 3.72. The SMILES string of the molecule is CCOCCc1nc2sc(CCOCC)nc2s1. The van der Waals surface area contributed by atoms with Crippen LogP contribution in [0.3, 0.4) is 0 Å². The molecule has 4 nitrogen and oxygen atoms in total. The highest BCUT2D eigenvalue weighted by atomic mass is 32.1. The molecule has 18 heavy (non-hydrogen) atoms. The van der Waals surface area contributed by atoms with Crippen LogP contribution in [0, 0.1) is 0 Å². The minimum Gasteiger partial charge on any atom is -0.381 e. The van der Waals surface area contributed by atoms with Crippen LogP contribution in [0.5, 0.6) is 0 Å². The van der Waals surface area contributed by atoms with Crippen LogP contribution in [-0.4, -0.2) is 36.4 Å². The summed E-state index contributed by atoms with van der Waals surface area (Å²) in [4.78, 5) is 11.3. The minimum atomic E-state index is 0.745. The van der Waals surface area contributed by atoms with Gasteiger partial charge in [0.25, 0.3) is 0 Å². The molecule has 0 aliphatic carbocycles. The fraction of sp³-hybridized carbons (Fsp3) is 0.667. The van der Waals surface area contributed by atoms with Crippen molar-refractivity contribution >= 4 is 32.3 Å². The Morgan fingerprint density at radius 3 is 1.67 bits per heavy atom. The highest BCUT2D eigenvalue weighted by Gasteiger charge is 2.10.